The Morgan fingerprint density at radius 3 is 2.67 bits per heavy atom. The summed E-state index contributed by atoms with van der Waals surface area (Å²) >= 11 is 0. The predicted molar refractivity (Wildman–Crippen MR) is 83.4 cm³/mol. The smallest absolute Gasteiger partial charge is 0.138 e. The van der Waals surface area contributed by atoms with E-state index in [1.54, 1.807) is 13.4 Å². The van der Waals surface area contributed by atoms with Crippen molar-refractivity contribution in [3.05, 3.63) is 47.5 Å². The van der Waals surface area contributed by atoms with Crippen LogP contribution in [0.3, 0.4) is 0 Å². The second kappa shape index (κ2) is 7.90. The van der Waals surface area contributed by atoms with Crippen molar-refractivity contribution < 1.29 is 4.74 Å². The number of ether oxygens (including phenoxy) is 1. The maximum absolute atomic E-state index is 5.08. The minimum atomic E-state index is 0.380. The van der Waals surface area contributed by atoms with Crippen molar-refractivity contribution in [3.8, 4) is 0 Å². The lowest BCUT2D eigenvalue weighted by Crippen LogP contribution is -2.26. The van der Waals surface area contributed by atoms with Gasteiger partial charge in [-0.25, -0.2) is 4.98 Å². The lowest BCUT2D eigenvalue weighted by atomic mass is 9.94. The first kappa shape index (κ1) is 15.7. The quantitative estimate of drug-likeness (QED) is 0.751. The monoisotopic (exact) mass is 288 g/mol. The highest BCUT2D eigenvalue weighted by Crippen LogP contribution is 2.20. The highest BCUT2D eigenvalue weighted by molar-refractivity contribution is 5.25. The van der Waals surface area contributed by atoms with E-state index in [0.29, 0.717) is 5.92 Å². The maximum Gasteiger partial charge on any atom is 0.138 e. The van der Waals surface area contributed by atoms with Crippen molar-refractivity contribution in [3.63, 3.8) is 0 Å². The van der Waals surface area contributed by atoms with Crippen molar-refractivity contribution in [2.75, 3.05) is 26.8 Å². The van der Waals surface area contributed by atoms with Crippen LogP contribution in [-0.4, -0.2) is 41.6 Å². The number of benzene rings is 1. The summed E-state index contributed by atoms with van der Waals surface area (Å²) in [4.78, 5) is 4.34. The minimum Gasteiger partial charge on any atom is -0.383 e. The van der Waals surface area contributed by atoms with Crippen LogP contribution in [-0.2, 0) is 18.2 Å². The SMILES string of the molecule is COCCNCC(Cc1ncnn1C)c1ccc(C)cc1. The standard InChI is InChI=1S/C16H24N4O/c1-13-4-6-14(7-5-13)15(11-17-8-9-21-3)10-16-18-12-19-20(16)2/h4-7,12,15,17H,8-11H2,1-3H3. The third kappa shape index (κ3) is 4.65. The Kier molecular flexibility index (Phi) is 5.90. The molecule has 5 nitrogen and oxygen atoms in total. The van der Waals surface area contributed by atoms with Crippen LogP contribution in [0.15, 0.2) is 30.6 Å². The van der Waals surface area contributed by atoms with E-state index in [1.807, 2.05) is 11.7 Å². The zero-order valence-corrected chi connectivity index (χ0v) is 13.0. The molecule has 1 aromatic carbocycles. The molecule has 114 valence electrons. The van der Waals surface area contributed by atoms with Gasteiger partial charge in [0.15, 0.2) is 0 Å². The van der Waals surface area contributed by atoms with Gasteiger partial charge in [0, 0.05) is 39.6 Å². The summed E-state index contributed by atoms with van der Waals surface area (Å²) in [6, 6.07) is 8.73. The fourth-order valence-electron chi connectivity index (χ4n) is 2.32. The molecule has 2 aromatic rings. The van der Waals surface area contributed by atoms with Gasteiger partial charge in [-0.05, 0) is 12.5 Å². The molecule has 1 N–H and O–H groups in total. The molecule has 1 heterocycles. The number of hydrogen-bond acceptors (Lipinski definition) is 4. The minimum absolute atomic E-state index is 0.380. The van der Waals surface area contributed by atoms with Crippen LogP contribution in [0, 0.1) is 6.92 Å². The summed E-state index contributed by atoms with van der Waals surface area (Å²) < 4.78 is 6.92. The van der Waals surface area contributed by atoms with E-state index in [9.17, 15) is 0 Å². The van der Waals surface area contributed by atoms with Crippen LogP contribution in [0.25, 0.3) is 0 Å². The normalized spacial score (nSPS) is 12.5. The molecular weight excluding hydrogens is 264 g/mol. The van der Waals surface area contributed by atoms with Crippen molar-refractivity contribution in [1.82, 2.24) is 20.1 Å². The maximum atomic E-state index is 5.08. The molecule has 1 atom stereocenters. The molecule has 21 heavy (non-hydrogen) atoms. The van der Waals surface area contributed by atoms with Crippen LogP contribution in [0.4, 0.5) is 0 Å². The summed E-state index contributed by atoms with van der Waals surface area (Å²) in [6.45, 7) is 4.60. The molecule has 0 amide bonds. The molecule has 0 aliphatic rings. The second-order valence-electron chi connectivity index (χ2n) is 5.31. The van der Waals surface area contributed by atoms with Gasteiger partial charge in [-0.1, -0.05) is 29.8 Å². The van der Waals surface area contributed by atoms with Gasteiger partial charge in [-0.3, -0.25) is 4.68 Å². The Morgan fingerprint density at radius 2 is 2.05 bits per heavy atom. The summed E-state index contributed by atoms with van der Waals surface area (Å²) in [5.41, 5.74) is 2.61. The Balaban J connectivity index is 2.06. The lowest BCUT2D eigenvalue weighted by Gasteiger charge is -2.18. The molecule has 0 saturated carbocycles. The van der Waals surface area contributed by atoms with Gasteiger partial charge in [0.1, 0.15) is 12.2 Å². The fraction of sp³-hybridized carbons (Fsp3) is 0.500. The van der Waals surface area contributed by atoms with E-state index >= 15 is 0 Å². The molecule has 0 spiro atoms. The van der Waals surface area contributed by atoms with E-state index in [4.69, 9.17) is 4.74 Å². The highest BCUT2D eigenvalue weighted by Gasteiger charge is 2.15. The fourth-order valence-corrected chi connectivity index (χ4v) is 2.32. The number of nitrogens with one attached hydrogen (secondary N) is 1. The predicted octanol–water partition coefficient (Wildman–Crippen LogP) is 1.69. The van der Waals surface area contributed by atoms with Gasteiger partial charge in [0.05, 0.1) is 6.61 Å². The number of hydrogen-bond donors (Lipinski definition) is 1. The number of aromatic nitrogens is 3. The average molecular weight is 288 g/mol. The molecule has 0 aliphatic carbocycles. The molecule has 1 unspecified atom stereocenters. The van der Waals surface area contributed by atoms with E-state index in [-0.39, 0.29) is 0 Å². The van der Waals surface area contributed by atoms with E-state index in [1.165, 1.54) is 11.1 Å². The summed E-state index contributed by atoms with van der Waals surface area (Å²) in [5.74, 6) is 1.39. The third-order valence-corrected chi connectivity index (χ3v) is 3.66. The van der Waals surface area contributed by atoms with Crippen molar-refractivity contribution in [1.29, 1.82) is 0 Å². The molecule has 5 heteroatoms. The lowest BCUT2D eigenvalue weighted by molar-refractivity contribution is 0.199. The van der Waals surface area contributed by atoms with Crippen LogP contribution < -0.4 is 5.32 Å². The van der Waals surface area contributed by atoms with E-state index < -0.39 is 0 Å². The number of rotatable bonds is 8. The van der Waals surface area contributed by atoms with Gasteiger partial charge in [-0.15, -0.1) is 0 Å². The molecule has 0 saturated heterocycles. The molecule has 0 bridgehead atoms. The van der Waals surface area contributed by atoms with Gasteiger partial charge in [0.2, 0.25) is 0 Å². The molecule has 1 aromatic heterocycles. The Morgan fingerprint density at radius 1 is 1.29 bits per heavy atom. The number of aryl methyl sites for hydroxylation is 2. The van der Waals surface area contributed by atoms with Crippen LogP contribution in [0.1, 0.15) is 22.9 Å². The Hall–Kier alpha value is -1.72. The molecular formula is C16H24N4O. The van der Waals surface area contributed by atoms with E-state index in [2.05, 4.69) is 46.6 Å². The van der Waals surface area contributed by atoms with Gasteiger partial charge < -0.3 is 10.1 Å². The Labute approximate surface area is 126 Å². The number of methoxy groups -OCH3 is 1. The van der Waals surface area contributed by atoms with Crippen LogP contribution >= 0.6 is 0 Å². The zero-order valence-electron chi connectivity index (χ0n) is 13.0. The first-order chi connectivity index (χ1) is 10.2. The van der Waals surface area contributed by atoms with Gasteiger partial charge in [-0.2, -0.15) is 5.10 Å². The Bertz CT molecular complexity index is 535. The second-order valence-corrected chi connectivity index (χ2v) is 5.31. The summed E-state index contributed by atoms with van der Waals surface area (Å²) in [5, 5.41) is 7.60. The highest BCUT2D eigenvalue weighted by atomic mass is 16.5. The average Bonchev–Trinajstić information content (AvgIpc) is 2.88. The van der Waals surface area contributed by atoms with Gasteiger partial charge in [0.25, 0.3) is 0 Å². The first-order valence-corrected chi connectivity index (χ1v) is 7.29. The molecule has 0 fully saturated rings. The number of nitrogens with zero attached hydrogens (tertiary/aromatic N) is 3. The third-order valence-electron chi connectivity index (χ3n) is 3.66. The van der Waals surface area contributed by atoms with E-state index in [0.717, 1.165) is 31.9 Å². The van der Waals surface area contributed by atoms with Crippen LogP contribution in [0.5, 0.6) is 0 Å². The van der Waals surface area contributed by atoms with Crippen LogP contribution in [0.2, 0.25) is 0 Å². The van der Waals surface area contributed by atoms with Crippen molar-refractivity contribution >= 4 is 0 Å². The van der Waals surface area contributed by atoms with Gasteiger partial charge >= 0.3 is 0 Å². The summed E-state index contributed by atoms with van der Waals surface area (Å²) in [7, 11) is 3.66. The largest absolute Gasteiger partial charge is 0.383 e. The first-order valence-electron chi connectivity index (χ1n) is 7.29. The zero-order chi connectivity index (χ0) is 15.1. The van der Waals surface area contributed by atoms with Crippen molar-refractivity contribution in [2.45, 2.75) is 19.3 Å². The summed E-state index contributed by atoms with van der Waals surface area (Å²) in [6.07, 6.45) is 2.49. The van der Waals surface area contributed by atoms with Crippen molar-refractivity contribution in [2.24, 2.45) is 7.05 Å². The molecule has 0 radical (unpaired) electrons. The molecule has 0 aliphatic heterocycles. The molecule has 2 rings (SSSR count). The topological polar surface area (TPSA) is 52.0 Å².